The van der Waals surface area contributed by atoms with Crippen LogP contribution in [0.2, 0.25) is 0 Å². The molecule has 2 aromatic heterocycles. The molecular weight excluding hydrogens is 440 g/mol. The normalized spacial score (nSPS) is 11.4. The lowest BCUT2D eigenvalue weighted by molar-refractivity contribution is 0.102. The monoisotopic (exact) mass is 456 g/mol. The van der Waals surface area contributed by atoms with Crippen LogP contribution in [0.15, 0.2) is 63.5 Å². The van der Waals surface area contributed by atoms with Gasteiger partial charge in [0.05, 0.1) is 6.54 Å². The smallest absolute Gasteiger partial charge is 0.270 e. The zero-order valence-corrected chi connectivity index (χ0v) is 17.8. The van der Waals surface area contributed by atoms with Crippen molar-refractivity contribution in [3.8, 4) is 11.4 Å². The lowest BCUT2D eigenvalue weighted by atomic mass is 10.1. The summed E-state index contributed by atoms with van der Waals surface area (Å²) in [6.07, 6.45) is 0. The van der Waals surface area contributed by atoms with Gasteiger partial charge in [0.25, 0.3) is 15.9 Å². The van der Waals surface area contributed by atoms with Crippen LogP contribution in [-0.4, -0.2) is 34.7 Å². The quantitative estimate of drug-likeness (QED) is 0.405. The van der Waals surface area contributed by atoms with E-state index < -0.39 is 15.9 Å². The molecule has 0 saturated heterocycles. The van der Waals surface area contributed by atoms with Crippen LogP contribution < -0.4 is 10.0 Å². The van der Waals surface area contributed by atoms with E-state index >= 15 is 0 Å². The summed E-state index contributed by atoms with van der Waals surface area (Å²) in [6, 6.07) is 16.0. The first kappa shape index (κ1) is 20.8. The number of aryl methyl sites for hydroxylation is 1. The Labute approximate surface area is 181 Å². The van der Waals surface area contributed by atoms with Crippen LogP contribution in [0.25, 0.3) is 11.4 Å². The third-order valence-corrected chi connectivity index (χ3v) is 6.66. The van der Waals surface area contributed by atoms with E-state index in [-0.39, 0.29) is 21.9 Å². The van der Waals surface area contributed by atoms with Crippen LogP contribution in [0.5, 0.6) is 0 Å². The van der Waals surface area contributed by atoms with Gasteiger partial charge >= 0.3 is 0 Å². The molecule has 2 N–H and O–H groups in total. The summed E-state index contributed by atoms with van der Waals surface area (Å²) in [5.74, 6) is 0.0464. The minimum Gasteiger partial charge on any atom is -0.338 e. The number of nitrogens with one attached hydrogen (secondary N) is 2. The highest BCUT2D eigenvalue weighted by Gasteiger charge is 2.22. The largest absolute Gasteiger partial charge is 0.338 e. The van der Waals surface area contributed by atoms with Gasteiger partial charge in [0.2, 0.25) is 21.2 Å². The lowest BCUT2D eigenvalue weighted by Gasteiger charge is -2.00. The van der Waals surface area contributed by atoms with Gasteiger partial charge in [-0.15, -0.1) is 10.2 Å². The fourth-order valence-electron chi connectivity index (χ4n) is 2.57. The Hall–Kier alpha value is -3.48. The molecule has 0 aliphatic rings. The number of rotatable bonds is 7. The number of carbonyl (C=O) groups excluding carboxylic acids is 1. The molecule has 2 aromatic carbocycles. The molecule has 0 saturated carbocycles. The molecule has 0 radical (unpaired) electrons. The van der Waals surface area contributed by atoms with Crippen LogP contribution in [0.3, 0.4) is 0 Å². The number of nitrogens with zero attached hydrogens (tertiary/aromatic N) is 4. The standard InChI is InChI=1S/C19H16N6O4S2/c1-12-6-5-9-14(10-12)16-21-15(29-25-16)11-20-31(27,28)19-24-23-18(30-19)22-17(26)13-7-3-2-4-8-13/h2-10,20H,11H2,1H3,(H,22,23,26). The van der Waals surface area contributed by atoms with Crippen molar-refractivity contribution in [2.45, 2.75) is 17.8 Å². The number of anilines is 1. The summed E-state index contributed by atoms with van der Waals surface area (Å²) in [5, 5.41) is 13.8. The van der Waals surface area contributed by atoms with Crippen molar-refractivity contribution in [1.29, 1.82) is 0 Å². The highest BCUT2D eigenvalue weighted by Crippen LogP contribution is 2.21. The van der Waals surface area contributed by atoms with Crippen molar-refractivity contribution in [1.82, 2.24) is 25.1 Å². The first-order chi connectivity index (χ1) is 14.9. The average molecular weight is 457 g/mol. The topological polar surface area (TPSA) is 140 Å². The summed E-state index contributed by atoms with van der Waals surface area (Å²) in [4.78, 5) is 16.4. The molecule has 31 heavy (non-hydrogen) atoms. The second-order valence-electron chi connectivity index (χ2n) is 6.40. The number of benzene rings is 2. The number of hydrogen-bond donors (Lipinski definition) is 2. The van der Waals surface area contributed by atoms with Gasteiger partial charge in [-0.25, -0.2) is 8.42 Å². The van der Waals surface area contributed by atoms with Crippen molar-refractivity contribution in [3.63, 3.8) is 0 Å². The molecule has 158 valence electrons. The van der Waals surface area contributed by atoms with E-state index in [0.717, 1.165) is 22.5 Å². The van der Waals surface area contributed by atoms with E-state index in [1.165, 1.54) is 0 Å². The minimum absolute atomic E-state index is 0.0637. The van der Waals surface area contributed by atoms with E-state index in [0.29, 0.717) is 11.4 Å². The molecule has 4 rings (SSSR count). The number of carbonyl (C=O) groups is 1. The van der Waals surface area contributed by atoms with E-state index in [4.69, 9.17) is 4.52 Å². The third-order valence-electron chi connectivity index (χ3n) is 4.05. The zero-order chi connectivity index (χ0) is 21.8. The number of hydrogen-bond acceptors (Lipinski definition) is 9. The molecular formula is C19H16N6O4S2. The molecule has 2 heterocycles. The molecule has 0 spiro atoms. The Morgan fingerprint density at radius 3 is 2.68 bits per heavy atom. The molecule has 0 aliphatic carbocycles. The van der Waals surface area contributed by atoms with Crippen molar-refractivity contribution < 1.29 is 17.7 Å². The molecule has 0 unspecified atom stereocenters. The molecule has 1 amide bonds. The molecule has 4 aromatic rings. The highest BCUT2D eigenvalue weighted by molar-refractivity contribution is 7.91. The van der Waals surface area contributed by atoms with Gasteiger partial charge in [-0.1, -0.05) is 58.5 Å². The number of aromatic nitrogens is 4. The second kappa shape index (κ2) is 8.71. The number of sulfonamides is 1. The van der Waals surface area contributed by atoms with Gasteiger partial charge in [-0.3, -0.25) is 10.1 Å². The van der Waals surface area contributed by atoms with Crippen LogP contribution in [0, 0.1) is 6.92 Å². The first-order valence-electron chi connectivity index (χ1n) is 9.00. The molecule has 12 heteroatoms. The van der Waals surface area contributed by atoms with Gasteiger partial charge in [0, 0.05) is 11.1 Å². The SMILES string of the molecule is Cc1cccc(-c2noc(CNS(=O)(=O)c3nnc(NC(=O)c4ccccc4)s3)n2)c1. The maximum Gasteiger partial charge on any atom is 0.270 e. The Bertz CT molecular complexity index is 1320. The fraction of sp³-hybridized carbons (Fsp3) is 0.105. The average Bonchev–Trinajstić information content (AvgIpc) is 3.43. The van der Waals surface area contributed by atoms with Crippen molar-refractivity contribution in [2.24, 2.45) is 0 Å². The van der Waals surface area contributed by atoms with Gasteiger partial charge < -0.3 is 4.52 Å². The summed E-state index contributed by atoms with van der Waals surface area (Å²) < 4.78 is 32.1. The molecule has 0 bridgehead atoms. The van der Waals surface area contributed by atoms with Gasteiger partial charge in [0.1, 0.15) is 0 Å². The van der Waals surface area contributed by atoms with Gasteiger partial charge in [-0.05, 0) is 25.1 Å². The van der Waals surface area contributed by atoms with Crippen molar-refractivity contribution >= 4 is 32.4 Å². The van der Waals surface area contributed by atoms with Gasteiger partial charge in [0.15, 0.2) is 0 Å². The Kier molecular flexibility index (Phi) is 5.84. The lowest BCUT2D eigenvalue weighted by Crippen LogP contribution is -2.23. The number of amides is 1. The second-order valence-corrected chi connectivity index (χ2v) is 9.32. The maximum atomic E-state index is 12.5. The van der Waals surface area contributed by atoms with Crippen LogP contribution in [0.1, 0.15) is 21.8 Å². The van der Waals surface area contributed by atoms with Gasteiger partial charge in [-0.2, -0.15) is 9.71 Å². The van der Waals surface area contributed by atoms with Crippen molar-refractivity contribution in [3.05, 3.63) is 71.6 Å². The Balaban J connectivity index is 1.40. The Morgan fingerprint density at radius 2 is 1.90 bits per heavy atom. The van der Waals surface area contributed by atoms with Crippen LogP contribution >= 0.6 is 11.3 Å². The summed E-state index contributed by atoms with van der Waals surface area (Å²) in [5.41, 5.74) is 2.22. The molecule has 0 fully saturated rings. The summed E-state index contributed by atoms with van der Waals surface area (Å²) in [6.45, 7) is 1.73. The molecule has 10 nitrogen and oxygen atoms in total. The zero-order valence-electron chi connectivity index (χ0n) is 16.1. The first-order valence-corrected chi connectivity index (χ1v) is 11.3. The summed E-state index contributed by atoms with van der Waals surface area (Å²) in [7, 11) is -3.98. The van der Waals surface area contributed by atoms with E-state index in [2.05, 4.69) is 30.4 Å². The third kappa shape index (κ3) is 4.99. The van der Waals surface area contributed by atoms with Crippen LogP contribution in [-0.2, 0) is 16.6 Å². The fourth-order valence-corrected chi connectivity index (χ4v) is 4.48. The van der Waals surface area contributed by atoms with E-state index in [1.54, 1.807) is 30.3 Å². The highest BCUT2D eigenvalue weighted by atomic mass is 32.2. The van der Waals surface area contributed by atoms with E-state index in [1.807, 2.05) is 31.2 Å². The summed E-state index contributed by atoms with van der Waals surface area (Å²) >= 11 is 0.730. The van der Waals surface area contributed by atoms with Crippen LogP contribution in [0.4, 0.5) is 5.13 Å². The predicted octanol–water partition coefficient (Wildman–Crippen LogP) is 2.63. The Morgan fingerprint density at radius 1 is 1.10 bits per heavy atom. The molecule has 0 aliphatic heterocycles. The molecule has 0 atom stereocenters. The minimum atomic E-state index is -3.98. The van der Waals surface area contributed by atoms with E-state index in [9.17, 15) is 13.2 Å². The van der Waals surface area contributed by atoms with Crippen molar-refractivity contribution in [2.75, 3.05) is 5.32 Å². The maximum absolute atomic E-state index is 12.5. The predicted molar refractivity (Wildman–Crippen MR) is 113 cm³/mol.